The third kappa shape index (κ3) is 8.26. The van der Waals surface area contributed by atoms with Crippen molar-refractivity contribution in [1.29, 1.82) is 0 Å². The predicted molar refractivity (Wildman–Crippen MR) is 205 cm³/mol. The van der Waals surface area contributed by atoms with Crippen LogP contribution in [-0.4, -0.2) is 40.7 Å². The van der Waals surface area contributed by atoms with Crippen molar-refractivity contribution < 1.29 is 18.6 Å². The lowest BCUT2D eigenvalue weighted by molar-refractivity contribution is -0.673. The summed E-state index contributed by atoms with van der Waals surface area (Å²) in [4.78, 5) is 0. The molecule has 0 saturated heterocycles. The third-order valence-electron chi connectivity index (χ3n) is 9.10. The van der Waals surface area contributed by atoms with E-state index in [1.807, 2.05) is 85.1 Å². The zero-order valence-corrected chi connectivity index (χ0v) is 29.4. The number of fused-ring (bicyclic) bond motifs is 2. The number of hydrogen-bond donors (Lipinski definition) is 0. The molecule has 8 heteroatoms. The molecule has 0 spiro atoms. The molecule has 0 saturated carbocycles. The molecule has 254 valence electrons. The Balaban J connectivity index is 1.03. The maximum absolute atomic E-state index is 5.28. The largest absolute Gasteiger partial charge is 0.497 e. The van der Waals surface area contributed by atoms with Gasteiger partial charge < -0.3 is 9.47 Å². The molecule has 0 unspecified atom stereocenters. The van der Waals surface area contributed by atoms with Gasteiger partial charge in [-0.05, 0) is 73.5 Å². The summed E-state index contributed by atoms with van der Waals surface area (Å²) in [6.45, 7) is 1.97. The summed E-state index contributed by atoms with van der Waals surface area (Å²) in [5.41, 5.74) is 6.65. The van der Waals surface area contributed by atoms with Crippen molar-refractivity contribution in [3.05, 3.63) is 133 Å². The van der Waals surface area contributed by atoms with Crippen molar-refractivity contribution in [2.75, 3.05) is 38.3 Å². The number of rotatable bonds is 15. The van der Waals surface area contributed by atoms with Gasteiger partial charge in [-0.3, -0.25) is 10.0 Å². The van der Waals surface area contributed by atoms with Gasteiger partial charge >= 0.3 is 0 Å². The number of nitrogens with zero attached hydrogens (tertiary/aromatic N) is 6. The molecule has 6 rings (SSSR count). The van der Waals surface area contributed by atoms with Crippen LogP contribution in [0.2, 0.25) is 0 Å². The lowest BCUT2D eigenvalue weighted by Gasteiger charge is -2.13. The predicted octanol–water partition coefficient (Wildman–Crippen LogP) is 7.79. The molecule has 0 aliphatic carbocycles. The first kappa shape index (κ1) is 34.1. The number of anilines is 2. The topological polar surface area (TPSA) is 57.4 Å². The van der Waals surface area contributed by atoms with Gasteiger partial charge in [0.25, 0.3) is 0 Å². The maximum atomic E-state index is 5.28. The summed E-state index contributed by atoms with van der Waals surface area (Å²) < 4.78 is 15.3. The Morgan fingerprint density at radius 1 is 0.520 bits per heavy atom. The van der Waals surface area contributed by atoms with E-state index < -0.39 is 0 Å². The SMILES string of the molecule is COc1ccc(N(C)/N=C/c2cc[n+](CCCCCC[n+]3ccc(/C=N/N(C)c4ccc(OC)cc4)c4ccccc43)c3ccccc23)cc1. The molecule has 4 aromatic carbocycles. The number of unbranched alkanes of at least 4 members (excludes halogenated alkanes) is 3. The monoisotopic (exact) mass is 666 g/mol. The van der Waals surface area contributed by atoms with Crippen LogP contribution in [0.1, 0.15) is 36.8 Å². The van der Waals surface area contributed by atoms with Gasteiger partial charge in [0.05, 0.1) is 48.8 Å². The van der Waals surface area contributed by atoms with Gasteiger partial charge in [-0.1, -0.05) is 24.3 Å². The number of hydrazone groups is 2. The standard InChI is InChI=1S/C42H46N6O2/c1-45(35-17-21-37(49-3)22-18-35)43-31-33-25-29-47(41-15-9-7-13-39(33)41)27-11-5-6-12-28-48-30-26-34(40-14-8-10-16-42(40)48)32-44-46(2)36-19-23-38(50-4)24-20-36/h7-10,13-26,29-32H,5-6,11-12,27-28H2,1-4H3/q+2. The molecule has 0 atom stereocenters. The van der Waals surface area contributed by atoms with Crippen molar-refractivity contribution in [2.24, 2.45) is 10.2 Å². The first-order chi connectivity index (χ1) is 24.5. The Kier molecular flexibility index (Phi) is 11.3. The van der Waals surface area contributed by atoms with E-state index in [1.165, 1.54) is 34.6 Å². The molecule has 6 aromatic rings. The molecule has 2 heterocycles. The number of pyridine rings is 2. The fraction of sp³-hybridized carbons (Fsp3) is 0.238. The number of benzene rings is 4. The Bertz CT molecular complexity index is 1930. The average Bonchev–Trinajstić information content (AvgIpc) is 3.18. The first-order valence-electron chi connectivity index (χ1n) is 17.2. The zero-order chi connectivity index (χ0) is 34.7. The van der Waals surface area contributed by atoms with Crippen LogP contribution in [0.25, 0.3) is 21.8 Å². The van der Waals surface area contributed by atoms with Crippen molar-refractivity contribution in [1.82, 2.24) is 0 Å². The van der Waals surface area contributed by atoms with Gasteiger partial charge in [0, 0.05) is 62.3 Å². The second-order valence-corrected chi connectivity index (χ2v) is 12.3. The molecule has 0 aliphatic heterocycles. The highest BCUT2D eigenvalue weighted by Crippen LogP contribution is 2.21. The van der Waals surface area contributed by atoms with Crippen LogP contribution in [-0.2, 0) is 13.1 Å². The highest BCUT2D eigenvalue weighted by atomic mass is 16.5. The Labute approximate surface area is 295 Å². The minimum atomic E-state index is 0.833. The van der Waals surface area contributed by atoms with E-state index in [4.69, 9.17) is 19.7 Å². The lowest BCUT2D eigenvalue weighted by Crippen LogP contribution is -2.35. The summed E-state index contributed by atoms with van der Waals surface area (Å²) in [6.07, 6.45) is 12.9. The lowest BCUT2D eigenvalue weighted by atomic mass is 10.1. The van der Waals surface area contributed by atoms with Gasteiger partial charge in [0.2, 0.25) is 11.0 Å². The molecule has 0 fully saturated rings. The molecule has 0 radical (unpaired) electrons. The highest BCUT2D eigenvalue weighted by molar-refractivity contribution is 5.98. The van der Waals surface area contributed by atoms with Crippen molar-refractivity contribution in [3.63, 3.8) is 0 Å². The number of para-hydroxylation sites is 2. The normalized spacial score (nSPS) is 11.5. The van der Waals surface area contributed by atoms with Gasteiger partial charge in [-0.25, -0.2) is 0 Å². The summed E-state index contributed by atoms with van der Waals surface area (Å²) in [5.74, 6) is 1.67. The third-order valence-corrected chi connectivity index (χ3v) is 9.10. The number of aromatic nitrogens is 2. The molecule has 0 amide bonds. The van der Waals surface area contributed by atoms with Crippen molar-refractivity contribution in [3.8, 4) is 11.5 Å². The molecule has 0 N–H and O–H groups in total. The maximum Gasteiger partial charge on any atom is 0.213 e. The van der Waals surface area contributed by atoms with Gasteiger partial charge in [-0.15, -0.1) is 0 Å². The summed E-state index contributed by atoms with van der Waals surface area (Å²) in [6, 6.07) is 37.3. The van der Waals surface area contributed by atoms with E-state index in [9.17, 15) is 0 Å². The first-order valence-corrected chi connectivity index (χ1v) is 17.2. The van der Waals surface area contributed by atoms with Crippen molar-refractivity contribution in [2.45, 2.75) is 38.8 Å². The molecular formula is C42H46N6O2+2. The fourth-order valence-electron chi connectivity index (χ4n) is 6.18. The molecule has 0 bridgehead atoms. The smallest absolute Gasteiger partial charge is 0.213 e. The summed E-state index contributed by atoms with van der Waals surface area (Å²) >= 11 is 0. The molecule has 50 heavy (non-hydrogen) atoms. The van der Waals surface area contributed by atoms with E-state index in [-0.39, 0.29) is 0 Å². The van der Waals surface area contributed by atoms with Gasteiger partial charge in [0.1, 0.15) is 24.6 Å². The van der Waals surface area contributed by atoms with Crippen molar-refractivity contribution >= 4 is 45.6 Å². The zero-order valence-electron chi connectivity index (χ0n) is 29.4. The van der Waals surface area contributed by atoms with Crippen LogP contribution in [0.3, 0.4) is 0 Å². The summed E-state index contributed by atoms with van der Waals surface area (Å²) in [7, 11) is 7.27. The fourth-order valence-corrected chi connectivity index (χ4v) is 6.18. The average molecular weight is 667 g/mol. The minimum absolute atomic E-state index is 0.833. The molecular weight excluding hydrogens is 621 g/mol. The second kappa shape index (κ2) is 16.6. The van der Waals surface area contributed by atoms with Crippen LogP contribution in [0.5, 0.6) is 11.5 Å². The molecule has 0 aliphatic rings. The quantitative estimate of drug-likeness (QED) is 0.0486. The number of hydrogen-bond acceptors (Lipinski definition) is 6. The number of aryl methyl sites for hydroxylation is 2. The Hall–Kier alpha value is -5.76. The van der Waals surface area contributed by atoms with E-state index in [2.05, 4.69) is 82.2 Å². The summed E-state index contributed by atoms with van der Waals surface area (Å²) in [5, 5.41) is 15.6. The number of ether oxygens (including phenoxy) is 2. The highest BCUT2D eigenvalue weighted by Gasteiger charge is 2.14. The van der Waals surface area contributed by atoms with Crippen LogP contribution in [0.15, 0.2) is 132 Å². The molecule has 8 nitrogen and oxygen atoms in total. The van der Waals surface area contributed by atoms with E-state index in [1.54, 1.807) is 14.2 Å². The number of methoxy groups -OCH3 is 2. The second-order valence-electron chi connectivity index (χ2n) is 12.3. The van der Waals surface area contributed by atoms with Gasteiger partial charge in [0.15, 0.2) is 12.4 Å². The van der Waals surface area contributed by atoms with E-state index in [0.717, 1.165) is 59.9 Å². The van der Waals surface area contributed by atoms with E-state index >= 15 is 0 Å². The molecule has 2 aromatic heterocycles. The Morgan fingerprint density at radius 2 is 0.920 bits per heavy atom. The van der Waals surface area contributed by atoms with Crippen LogP contribution in [0.4, 0.5) is 11.4 Å². The van der Waals surface area contributed by atoms with Crippen LogP contribution in [0, 0.1) is 0 Å². The van der Waals surface area contributed by atoms with Crippen LogP contribution >= 0.6 is 0 Å². The minimum Gasteiger partial charge on any atom is -0.497 e. The van der Waals surface area contributed by atoms with E-state index in [0.29, 0.717) is 0 Å². The van der Waals surface area contributed by atoms with Gasteiger partial charge in [-0.2, -0.15) is 19.3 Å². The van der Waals surface area contributed by atoms with Crippen LogP contribution < -0.4 is 28.6 Å². The Morgan fingerprint density at radius 3 is 1.32 bits per heavy atom.